The second-order valence-electron chi connectivity index (χ2n) is 5.90. The standard InChI is InChI=1S/C15H22N2O2/c1-15(2)8-9-17(11-15)14(18)7-10-19-13-5-3-12(16)4-6-13/h3-6H,7-11,16H2,1-2H3. The van der Waals surface area contributed by atoms with E-state index in [1.54, 1.807) is 12.1 Å². The molecule has 19 heavy (non-hydrogen) atoms. The van der Waals surface area contributed by atoms with Crippen molar-refractivity contribution in [1.82, 2.24) is 4.90 Å². The summed E-state index contributed by atoms with van der Waals surface area (Å²) >= 11 is 0. The van der Waals surface area contributed by atoms with Gasteiger partial charge in [-0.15, -0.1) is 0 Å². The monoisotopic (exact) mass is 262 g/mol. The van der Waals surface area contributed by atoms with Gasteiger partial charge in [-0.25, -0.2) is 0 Å². The van der Waals surface area contributed by atoms with E-state index in [-0.39, 0.29) is 11.3 Å². The molecule has 0 radical (unpaired) electrons. The van der Waals surface area contributed by atoms with E-state index in [2.05, 4.69) is 13.8 Å². The van der Waals surface area contributed by atoms with Gasteiger partial charge in [-0.05, 0) is 36.1 Å². The van der Waals surface area contributed by atoms with Gasteiger partial charge in [0.1, 0.15) is 5.75 Å². The molecule has 0 aromatic heterocycles. The van der Waals surface area contributed by atoms with Gasteiger partial charge in [0.2, 0.25) is 5.91 Å². The number of nitrogens with two attached hydrogens (primary N) is 1. The number of anilines is 1. The topological polar surface area (TPSA) is 55.6 Å². The summed E-state index contributed by atoms with van der Waals surface area (Å²) in [6.45, 7) is 6.54. The number of benzene rings is 1. The van der Waals surface area contributed by atoms with Crippen molar-refractivity contribution in [2.24, 2.45) is 5.41 Å². The van der Waals surface area contributed by atoms with Crippen LogP contribution < -0.4 is 10.5 Å². The van der Waals surface area contributed by atoms with Crippen molar-refractivity contribution < 1.29 is 9.53 Å². The van der Waals surface area contributed by atoms with Gasteiger partial charge >= 0.3 is 0 Å². The Morgan fingerprint density at radius 3 is 2.63 bits per heavy atom. The molecular formula is C15H22N2O2. The summed E-state index contributed by atoms with van der Waals surface area (Å²) in [5, 5.41) is 0. The number of ether oxygens (including phenoxy) is 1. The summed E-state index contributed by atoms with van der Waals surface area (Å²) in [4.78, 5) is 13.9. The number of hydrogen-bond donors (Lipinski definition) is 1. The summed E-state index contributed by atoms with van der Waals surface area (Å²) in [7, 11) is 0. The van der Waals surface area contributed by atoms with E-state index in [9.17, 15) is 4.79 Å². The first-order valence-corrected chi connectivity index (χ1v) is 6.72. The SMILES string of the molecule is CC1(C)CCN(C(=O)CCOc2ccc(N)cc2)C1. The highest BCUT2D eigenvalue weighted by molar-refractivity contribution is 5.76. The van der Waals surface area contributed by atoms with Crippen LogP contribution in [0.15, 0.2) is 24.3 Å². The van der Waals surface area contributed by atoms with Gasteiger partial charge in [0.05, 0.1) is 13.0 Å². The molecule has 4 nitrogen and oxygen atoms in total. The lowest BCUT2D eigenvalue weighted by Gasteiger charge is -2.19. The molecule has 1 fully saturated rings. The van der Waals surface area contributed by atoms with Crippen molar-refractivity contribution in [2.45, 2.75) is 26.7 Å². The average Bonchev–Trinajstić information content (AvgIpc) is 2.72. The number of nitrogen functional groups attached to an aromatic ring is 1. The Kier molecular flexibility index (Phi) is 3.98. The molecule has 0 atom stereocenters. The molecule has 1 aromatic carbocycles. The van der Waals surface area contributed by atoms with Gasteiger partial charge in [0, 0.05) is 18.8 Å². The number of amides is 1. The van der Waals surface area contributed by atoms with E-state index in [0.29, 0.717) is 18.7 Å². The Morgan fingerprint density at radius 2 is 2.05 bits per heavy atom. The van der Waals surface area contributed by atoms with E-state index in [1.165, 1.54) is 0 Å². The molecule has 0 spiro atoms. The number of likely N-dealkylation sites (tertiary alicyclic amines) is 1. The molecule has 1 saturated heterocycles. The van der Waals surface area contributed by atoms with Gasteiger partial charge in [0.15, 0.2) is 0 Å². The molecule has 2 rings (SSSR count). The fourth-order valence-electron chi connectivity index (χ4n) is 2.30. The molecule has 1 aliphatic heterocycles. The third-order valence-electron chi connectivity index (χ3n) is 3.49. The molecule has 1 heterocycles. The van der Waals surface area contributed by atoms with Crippen molar-refractivity contribution in [3.05, 3.63) is 24.3 Å². The Balaban J connectivity index is 1.74. The molecule has 1 aromatic rings. The lowest BCUT2D eigenvalue weighted by atomic mass is 9.93. The van der Waals surface area contributed by atoms with Gasteiger partial charge in [-0.3, -0.25) is 4.79 Å². The highest BCUT2D eigenvalue weighted by Gasteiger charge is 2.31. The Morgan fingerprint density at radius 1 is 1.37 bits per heavy atom. The Labute approximate surface area is 114 Å². The third-order valence-corrected chi connectivity index (χ3v) is 3.49. The van der Waals surface area contributed by atoms with E-state index in [4.69, 9.17) is 10.5 Å². The van der Waals surface area contributed by atoms with E-state index in [1.807, 2.05) is 17.0 Å². The zero-order chi connectivity index (χ0) is 13.9. The summed E-state index contributed by atoms with van der Waals surface area (Å²) in [6.07, 6.45) is 1.51. The first-order chi connectivity index (χ1) is 8.96. The number of hydrogen-bond acceptors (Lipinski definition) is 3. The minimum absolute atomic E-state index is 0.182. The molecule has 1 amide bonds. The van der Waals surface area contributed by atoms with Crippen molar-refractivity contribution in [3.8, 4) is 5.75 Å². The second kappa shape index (κ2) is 5.51. The van der Waals surface area contributed by atoms with Crippen LogP contribution in [0.25, 0.3) is 0 Å². The summed E-state index contributed by atoms with van der Waals surface area (Å²) in [5.41, 5.74) is 6.56. The van der Waals surface area contributed by atoms with Crippen LogP contribution in [-0.2, 0) is 4.79 Å². The molecule has 0 saturated carbocycles. The molecule has 0 aliphatic carbocycles. The van der Waals surface area contributed by atoms with Crippen molar-refractivity contribution in [1.29, 1.82) is 0 Å². The summed E-state index contributed by atoms with van der Waals surface area (Å²) in [5.74, 6) is 0.935. The van der Waals surface area contributed by atoms with Gasteiger partial charge < -0.3 is 15.4 Å². The van der Waals surface area contributed by atoms with Crippen molar-refractivity contribution in [3.63, 3.8) is 0 Å². The normalized spacial score (nSPS) is 17.5. The Hall–Kier alpha value is -1.71. The zero-order valence-corrected chi connectivity index (χ0v) is 11.7. The molecule has 1 aliphatic rings. The van der Waals surface area contributed by atoms with Crippen LogP contribution in [0.3, 0.4) is 0 Å². The second-order valence-corrected chi connectivity index (χ2v) is 5.90. The number of carbonyl (C=O) groups excluding carboxylic acids is 1. The first-order valence-electron chi connectivity index (χ1n) is 6.72. The average molecular weight is 262 g/mol. The maximum absolute atomic E-state index is 12.0. The van der Waals surface area contributed by atoms with E-state index < -0.39 is 0 Å². The largest absolute Gasteiger partial charge is 0.493 e. The van der Waals surface area contributed by atoms with Crippen LogP contribution in [0.1, 0.15) is 26.7 Å². The van der Waals surface area contributed by atoms with E-state index in [0.717, 1.165) is 25.3 Å². The lowest BCUT2D eigenvalue weighted by molar-refractivity contribution is -0.131. The van der Waals surface area contributed by atoms with Crippen molar-refractivity contribution in [2.75, 3.05) is 25.4 Å². The number of nitrogens with zero attached hydrogens (tertiary/aromatic N) is 1. The Bertz CT molecular complexity index is 440. The molecule has 0 bridgehead atoms. The van der Waals surface area contributed by atoms with Crippen LogP contribution in [0.5, 0.6) is 5.75 Å². The molecule has 0 unspecified atom stereocenters. The van der Waals surface area contributed by atoms with Crippen LogP contribution in [0, 0.1) is 5.41 Å². The van der Waals surface area contributed by atoms with Gasteiger partial charge in [-0.2, -0.15) is 0 Å². The van der Waals surface area contributed by atoms with Crippen LogP contribution in [0.4, 0.5) is 5.69 Å². The maximum atomic E-state index is 12.0. The van der Waals surface area contributed by atoms with Crippen LogP contribution in [-0.4, -0.2) is 30.5 Å². The first kappa shape index (κ1) is 13.7. The molecule has 2 N–H and O–H groups in total. The summed E-state index contributed by atoms with van der Waals surface area (Å²) in [6, 6.07) is 7.22. The highest BCUT2D eigenvalue weighted by atomic mass is 16.5. The van der Waals surface area contributed by atoms with Crippen LogP contribution >= 0.6 is 0 Å². The van der Waals surface area contributed by atoms with Crippen molar-refractivity contribution >= 4 is 11.6 Å². The summed E-state index contributed by atoms with van der Waals surface area (Å²) < 4.78 is 5.54. The van der Waals surface area contributed by atoms with Gasteiger partial charge in [0.25, 0.3) is 0 Å². The number of carbonyl (C=O) groups is 1. The maximum Gasteiger partial charge on any atom is 0.226 e. The quantitative estimate of drug-likeness (QED) is 0.847. The molecule has 104 valence electrons. The van der Waals surface area contributed by atoms with Crippen LogP contribution in [0.2, 0.25) is 0 Å². The highest BCUT2D eigenvalue weighted by Crippen LogP contribution is 2.29. The zero-order valence-electron chi connectivity index (χ0n) is 11.7. The molecule has 4 heteroatoms. The lowest BCUT2D eigenvalue weighted by Crippen LogP contribution is -2.31. The fraction of sp³-hybridized carbons (Fsp3) is 0.533. The van der Waals surface area contributed by atoms with E-state index >= 15 is 0 Å². The minimum atomic E-state index is 0.182. The smallest absolute Gasteiger partial charge is 0.226 e. The van der Waals surface area contributed by atoms with Gasteiger partial charge in [-0.1, -0.05) is 13.8 Å². The number of rotatable bonds is 4. The minimum Gasteiger partial charge on any atom is -0.493 e. The predicted molar refractivity (Wildman–Crippen MR) is 75.9 cm³/mol. The molecular weight excluding hydrogens is 240 g/mol. The third kappa shape index (κ3) is 3.88. The predicted octanol–water partition coefficient (Wildman–Crippen LogP) is 2.30. The fourth-order valence-corrected chi connectivity index (χ4v) is 2.30.